The first-order chi connectivity index (χ1) is 8.01. The van der Waals surface area contributed by atoms with Gasteiger partial charge >= 0.3 is 0 Å². The fourth-order valence-electron chi connectivity index (χ4n) is 2.18. The monoisotopic (exact) mass is 242 g/mol. The van der Waals surface area contributed by atoms with Gasteiger partial charge in [-0.2, -0.15) is 0 Å². The van der Waals surface area contributed by atoms with Gasteiger partial charge in [0.2, 0.25) is 11.8 Å². The summed E-state index contributed by atoms with van der Waals surface area (Å²) in [6.07, 6.45) is 0.484. The summed E-state index contributed by atoms with van der Waals surface area (Å²) in [5.74, 6) is -0.596. The summed E-state index contributed by atoms with van der Waals surface area (Å²) in [5, 5.41) is 15.5. The first kappa shape index (κ1) is 12.3. The Hall–Kier alpha value is -1.14. The molecule has 0 aromatic rings. The van der Waals surface area contributed by atoms with E-state index in [0.29, 0.717) is 19.6 Å². The summed E-state index contributed by atoms with van der Waals surface area (Å²) in [4.78, 5) is 22.7. The predicted molar refractivity (Wildman–Crippen MR) is 59.1 cm³/mol. The van der Waals surface area contributed by atoms with Crippen LogP contribution in [0.2, 0.25) is 0 Å². The second kappa shape index (κ2) is 4.62. The molecule has 0 bridgehead atoms. The molecule has 3 atom stereocenters. The molecule has 0 aromatic carbocycles. The van der Waals surface area contributed by atoms with Crippen LogP contribution in [0.15, 0.2) is 0 Å². The summed E-state index contributed by atoms with van der Waals surface area (Å²) >= 11 is 0. The van der Waals surface area contributed by atoms with Crippen LogP contribution in [0, 0.1) is 5.92 Å². The lowest BCUT2D eigenvalue weighted by Gasteiger charge is -2.26. The highest BCUT2D eigenvalue weighted by atomic mass is 16.5. The van der Waals surface area contributed by atoms with Crippen LogP contribution >= 0.6 is 0 Å². The van der Waals surface area contributed by atoms with Crippen LogP contribution in [-0.4, -0.2) is 48.3 Å². The fourth-order valence-corrected chi connectivity index (χ4v) is 2.18. The average Bonchev–Trinajstić information content (AvgIpc) is 2.84. The van der Waals surface area contributed by atoms with Crippen LogP contribution in [0.3, 0.4) is 0 Å². The van der Waals surface area contributed by atoms with Gasteiger partial charge in [0.1, 0.15) is 5.60 Å². The van der Waals surface area contributed by atoms with Crippen LogP contribution in [0.4, 0.5) is 0 Å². The molecule has 2 saturated heterocycles. The van der Waals surface area contributed by atoms with Gasteiger partial charge in [-0.3, -0.25) is 9.59 Å². The van der Waals surface area contributed by atoms with E-state index in [1.807, 2.05) is 0 Å². The molecule has 6 nitrogen and oxygen atoms in total. The minimum absolute atomic E-state index is 0.0959. The zero-order valence-electron chi connectivity index (χ0n) is 9.86. The Kier molecular flexibility index (Phi) is 3.35. The van der Waals surface area contributed by atoms with Gasteiger partial charge in [-0.25, -0.2) is 0 Å². The molecular weight excluding hydrogens is 224 g/mol. The molecule has 17 heavy (non-hydrogen) atoms. The molecule has 96 valence electrons. The summed E-state index contributed by atoms with van der Waals surface area (Å²) < 4.78 is 5.28. The van der Waals surface area contributed by atoms with E-state index in [2.05, 4.69) is 10.6 Å². The van der Waals surface area contributed by atoms with E-state index in [0.717, 1.165) is 0 Å². The number of aliphatic hydroxyl groups is 1. The molecule has 0 aliphatic carbocycles. The average molecular weight is 242 g/mol. The zero-order valence-corrected chi connectivity index (χ0v) is 9.86. The van der Waals surface area contributed by atoms with E-state index in [4.69, 9.17) is 4.74 Å². The van der Waals surface area contributed by atoms with Gasteiger partial charge in [-0.15, -0.1) is 0 Å². The molecule has 3 unspecified atom stereocenters. The van der Waals surface area contributed by atoms with Crippen molar-refractivity contribution >= 4 is 11.8 Å². The zero-order chi connectivity index (χ0) is 12.5. The van der Waals surface area contributed by atoms with Crippen molar-refractivity contribution in [3.63, 3.8) is 0 Å². The van der Waals surface area contributed by atoms with Gasteiger partial charge in [0.25, 0.3) is 0 Å². The molecular formula is C11H18N2O4. The minimum Gasteiger partial charge on any atom is -0.385 e. The van der Waals surface area contributed by atoms with Crippen molar-refractivity contribution in [2.24, 2.45) is 5.92 Å². The van der Waals surface area contributed by atoms with Gasteiger partial charge in [0.15, 0.2) is 0 Å². The van der Waals surface area contributed by atoms with Crippen LogP contribution < -0.4 is 10.6 Å². The molecule has 2 rings (SSSR count). The van der Waals surface area contributed by atoms with Gasteiger partial charge in [0, 0.05) is 32.5 Å². The predicted octanol–water partition coefficient (Wildman–Crippen LogP) is -1.22. The lowest BCUT2D eigenvalue weighted by Crippen LogP contribution is -2.48. The van der Waals surface area contributed by atoms with Crippen LogP contribution in [0.1, 0.15) is 19.8 Å². The third-order valence-electron chi connectivity index (χ3n) is 3.58. The summed E-state index contributed by atoms with van der Waals surface area (Å²) in [5.41, 5.74) is -0.980. The molecule has 3 N–H and O–H groups in total. The number of hydrogen-bond donors (Lipinski definition) is 3. The smallest absolute Gasteiger partial charge is 0.225 e. The summed E-state index contributed by atoms with van der Waals surface area (Å²) in [7, 11) is 0. The highest BCUT2D eigenvalue weighted by molar-refractivity contribution is 5.89. The number of carbonyl (C=O) groups excluding carboxylic acids is 2. The molecule has 0 spiro atoms. The van der Waals surface area contributed by atoms with Gasteiger partial charge in [0.05, 0.1) is 12.0 Å². The maximum absolute atomic E-state index is 11.7. The molecule has 2 aliphatic heterocycles. The summed E-state index contributed by atoms with van der Waals surface area (Å²) in [6.45, 7) is 2.86. The fraction of sp³-hybridized carbons (Fsp3) is 0.818. The Labute approximate surface area is 99.7 Å². The van der Waals surface area contributed by atoms with Gasteiger partial charge in [-0.05, 0) is 6.92 Å². The maximum Gasteiger partial charge on any atom is 0.225 e. The number of ether oxygens (including phenoxy) is 1. The normalized spacial score (nSPS) is 36.9. The largest absolute Gasteiger partial charge is 0.385 e. The number of hydrogen-bond acceptors (Lipinski definition) is 4. The van der Waals surface area contributed by atoms with Crippen LogP contribution in [0.5, 0.6) is 0 Å². The molecule has 0 aromatic heterocycles. The Morgan fingerprint density at radius 2 is 2.47 bits per heavy atom. The molecule has 2 fully saturated rings. The highest BCUT2D eigenvalue weighted by Crippen LogP contribution is 2.24. The van der Waals surface area contributed by atoms with Crippen molar-refractivity contribution in [2.75, 3.05) is 19.7 Å². The molecule has 6 heteroatoms. The Morgan fingerprint density at radius 3 is 3.00 bits per heavy atom. The molecule has 0 radical (unpaired) electrons. The van der Waals surface area contributed by atoms with E-state index in [9.17, 15) is 14.7 Å². The van der Waals surface area contributed by atoms with E-state index in [1.165, 1.54) is 0 Å². The Bertz CT molecular complexity index is 333. The molecule has 2 amide bonds. The second-order valence-corrected chi connectivity index (χ2v) is 4.79. The molecule has 2 heterocycles. The van der Waals surface area contributed by atoms with Gasteiger partial charge in [-0.1, -0.05) is 0 Å². The van der Waals surface area contributed by atoms with Crippen molar-refractivity contribution in [1.82, 2.24) is 10.6 Å². The highest BCUT2D eigenvalue weighted by Gasteiger charge is 2.40. The van der Waals surface area contributed by atoms with Gasteiger partial charge < -0.3 is 20.5 Å². The van der Waals surface area contributed by atoms with Crippen molar-refractivity contribution in [2.45, 2.75) is 31.5 Å². The van der Waals surface area contributed by atoms with E-state index in [1.54, 1.807) is 6.92 Å². The Morgan fingerprint density at radius 1 is 1.71 bits per heavy atom. The third-order valence-corrected chi connectivity index (χ3v) is 3.58. The lowest BCUT2D eigenvalue weighted by molar-refractivity contribution is -0.127. The van der Waals surface area contributed by atoms with E-state index in [-0.39, 0.29) is 36.8 Å². The topological polar surface area (TPSA) is 87.7 Å². The van der Waals surface area contributed by atoms with Crippen LogP contribution in [0.25, 0.3) is 0 Å². The van der Waals surface area contributed by atoms with E-state index >= 15 is 0 Å². The van der Waals surface area contributed by atoms with Crippen molar-refractivity contribution in [3.8, 4) is 0 Å². The first-order valence-corrected chi connectivity index (χ1v) is 5.90. The third kappa shape index (κ3) is 2.58. The van der Waals surface area contributed by atoms with Crippen LogP contribution in [-0.2, 0) is 14.3 Å². The molecule has 0 saturated carbocycles. The summed E-state index contributed by atoms with van der Waals surface area (Å²) in [6, 6.07) is 0. The van der Waals surface area contributed by atoms with Crippen molar-refractivity contribution in [1.29, 1.82) is 0 Å². The lowest BCUT2D eigenvalue weighted by atomic mass is 9.96. The van der Waals surface area contributed by atoms with Crippen molar-refractivity contribution < 1.29 is 19.4 Å². The number of nitrogens with one attached hydrogen (secondary N) is 2. The Balaban J connectivity index is 1.82. The van der Waals surface area contributed by atoms with E-state index < -0.39 is 5.60 Å². The second-order valence-electron chi connectivity index (χ2n) is 4.79. The quantitative estimate of drug-likeness (QED) is 0.579. The van der Waals surface area contributed by atoms with Crippen molar-refractivity contribution in [3.05, 3.63) is 0 Å². The minimum atomic E-state index is -0.980. The number of amides is 2. The number of rotatable bonds is 3. The standard InChI is InChI=1S/C11H18N2O4/c1-7-11(16,2-3-17-7)6-13-10(15)8-4-9(14)12-5-8/h7-8,16H,2-6H2,1H3,(H,12,14)(H,13,15). The number of carbonyl (C=O) groups is 2. The SMILES string of the molecule is CC1OCCC1(O)CNC(=O)C1CNC(=O)C1. The molecule has 2 aliphatic rings. The first-order valence-electron chi connectivity index (χ1n) is 5.90. The maximum atomic E-state index is 11.7.